The predicted molar refractivity (Wildman–Crippen MR) is 66.6 cm³/mol. The number of nitro groups is 1. The van der Waals surface area contributed by atoms with Crippen LogP contribution in [-0.4, -0.2) is 41.9 Å². The summed E-state index contributed by atoms with van der Waals surface area (Å²) in [6.07, 6.45) is 0. The maximum Gasteiger partial charge on any atom is 0.282 e. The number of hydrogen-bond donors (Lipinski definition) is 1. The third kappa shape index (κ3) is 2.19. The van der Waals surface area contributed by atoms with Gasteiger partial charge in [0, 0.05) is 26.2 Å². The highest BCUT2D eigenvalue weighted by Gasteiger charge is 2.29. The molecule has 1 amide bonds. The molecule has 1 saturated heterocycles. The van der Waals surface area contributed by atoms with E-state index in [1.165, 1.54) is 6.07 Å². The van der Waals surface area contributed by atoms with Gasteiger partial charge < -0.3 is 10.2 Å². The Balaban J connectivity index is 2.33. The van der Waals surface area contributed by atoms with Crippen LogP contribution in [-0.2, 0) is 0 Å². The number of benzene rings is 1. The molecule has 1 heterocycles. The van der Waals surface area contributed by atoms with Crippen molar-refractivity contribution >= 4 is 11.6 Å². The van der Waals surface area contributed by atoms with Gasteiger partial charge in [0.1, 0.15) is 5.56 Å². The number of aryl methyl sites for hydroxylation is 1. The number of rotatable bonds is 3. The van der Waals surface area contributed by atoms with Crippen molar-refractivity contribution in [2.75, 3.05) is 20.1 Å². The van der Waals surface area contributed by atoms with E-state index < -0.39 is 4.92 Å². The minimum absolute atomic E-state index is 0.123. The van der Waals surface area contributed by atoms with E-state index in [1.807, 2.05) is 6.92 Å². The quantitative estimate of drug-likeness (QED) is 0.639. The highest BCUT2D eigenvalue weighted by Crippen LogP contribution is 2.22. The van der Waals surface area contributed by atoms with Crippen LogP contribution >= 0.6 is 0 Å². The first-order chi connectivity index (χ1) is 8.50. The lowest BCUT2D eigenvalue weighted by atomic mass is 10.1. The molecule has 0 unspecified atom stereocenters. The third-order valence-corrected chi connectivity index (χ3v) is 3.21. The number of nitrogens with one attached hydrogen (secondary N) is 1. The molecule has 18 heavy (non-hydrogen) atoms. The van der Waals surface area contributed by atoms with E-state index in [1.54, 1.807) is 24.1 Å². The van der Waals surface area contributed by atoms with Crippen molar-refractivity contribution in [2.45, 2.75) is 13.0 Å². The zero-order valence-electron chi connectivity index (χ0n) is 10.3. The molecule has 0 saturated carbocycles. The highest BCUT2D eigenvalue weighted by molar-refractivity contribution is 5.98. The van der Waals surface area contributed by atoms with Gasteiger partial charge in [-0.25, -0.2) is 0 Å². The molecular weight excluding hydrogens is 234 g/mol. The zero-order valence-corrected chi connectivity index (χ0v) is 10.3. The average Bonchev–Trinajstić information content (AvgIpc) is 2.25. The van der Waals surface area contributed by atoms with Crippen molar-refractivity contribution in [3.8, 4) is 0 Å². The summed E-state index contributed by atoms with van der Waals surface area (Å²) in [5, 5.41) is 14.0. The fourth-order valence-electron chi connectivity index (χ4n) is 1.88. The first-order valence-corrected chi connectivity index (χ1v) is 5.73. The molecule has 0 atom stereocenters. The summed E-state index contributed by atoms with van der Waals surface area (Å²) >= 11 is 0. The van der Waals surface area contributed by atoms with Crippen LogP contribution in [0.2, 0.25) is 0 Å². The van der Waals surface area contributed by atoms with Gasteiger partial charge in [-0.1, -0.05) is 6.07 Å². The number of amides is 1. The molecule has 0 aliphatic carbocycles. The van der Waals surface area contributed by atoms with Gasteiger partial charge in [-0.15, -0.1) is 0 Å². The summed E-state index contributed by atoms with van der Waals surface area (Å²) in [6, 6.07) is 4.72. The average molecular weight is 249 g/mol. The maximum absolute atomic E-state index is 12.3. The molecule has 1 aromatic carbocycles. The number of carbonyl (C=O) groups is 1. The Kier molecular flexibility index (Phi) is 3.29. The molecule has 0 aromatic heterocycles. The summed E-state index contributed by atoms with van der Waals surface area (Å²) in [5.41, 5.74) is 0.864. The normalized spacial score (nSPS) is 15.0. The number of nitro benzene ring substituents is 1. The molecule has 1 aliphatic rings. The molecule has 1 N–H and O–H groups in total. The van der Waals surface area contributed by atoms with Gasteiger partial charge in [0.05, 0.1) is 11.0 Å². The number of carbonyl (C=O) groups excluding carboxylic acids is 1. The fraction of sp³-hybridized carbons (Fsp3) is 0.417. The Morgan fingerprint density at radius 3 is 2.67 bits per heavy atom. The molecule has 1 aromatic rings. The Morgan fingerprint density at radius 2 is 2.17 bits per heavy atom. The summed E-state index contributed by atoms with van der Waals surface area (Å²) in [7, 11) is 1.68. The second-order valence-corrected chi connectivity index (χ2v) is 4.51. The molecule has 96 valence electrons. The summed E-state index contributed by atoms with van der Waals surface area (Å²) in [5.74, 6) is -0.295. The van der Waals surface area contributed by atoms with Crippen LogP contribution in [0.3, 0.4) is 0 Å². The molecule has 1 aliphatic heterocycles. The van der Waals surface area contributed by atoms with E-state index in [9.17, 15) is 14.9 Å². The lowest BCUT2D eigenvalue weighted by Gasteiger charge is -2.35. The van der Waals surface area contributed by atoms with Crippen molar-refractivity contribution in [3.05, 3.63) is 39.4 Å². The molecule has 6 nitrogen and oxygen atoms in total. The van der Waals surface area contributed by atoms with Gasteiger partial charge in [0.25, 0.3) is 11.6 Å². The minimum Gasteiger partial charge on any atom is -0.336 e. The van der Waals surface area contributed by atoms with Crippen LogP contribution in [0.4, 0.5) is 5.69 Å². The fourth-order valence-corrected chi connectivity index (χ4v) is 1.88. The van der Waals surface area contributed by atoms with Gasteiger partial charge in [-0.05, 0) is 18.6 Å². The van der Waals surface area contributed by atoms with Crippen LogP contribution in [0.1, 0.15) is 15.9 Å². The molecule has 0 bridgehead atoms. The number of likely N-dealkylation sites (N-methyl/N-ethyl adjacent to an activating group) is 1. The monoisotopic (exact) mass is 249 g/mol. The van der Waals surface area contributed by atoms with E-state index in [2.05, 4.69) is 5.32 Å². The van der Waals surface area contributed by atoms with Crippen LogP contribution < -0.4 is 5.32 Å². The van der Waals surface area contributed by atoms with Crippen LogP contribution in [0.5, 0.6) is 0 Å². The minimum atomic E-state index is -0.514. The smallest absolute Gasteiger partial charge is 0.282 e. The molecule has 0 spiro atoms. The van der Waals surface area contributed by atoms with Crippen LogP contribution in [0, 0.1) is 17.0 Å². The standard InChI is InChI=1S/C12H15N3O3/c1-8-3-4-11(15(17)18)10(5-8)12(16)14(2)9-6-13-7-9/h3-5,9,13H,6-7H2,1-2H3. The van der Waals surface area contributed by atoms with Crippen molar-refractivity contribution in [1.29, 1.82) is 0 Å². The molecule has 1 fully saturated rings. The maximum atomic E-state index is 12.3. The van der Waals surface area contributed by atoms with Crippen molar-refractivity contribution in [3.63, 3.8) is 0 Å². The topological polar surface area (TPSA) is 75.5 Å². The Labute approximate surface area is 105 Å². The van der Waals surface area contributed by atoms with Gasteiger partial charge in [-0.2, -0.15) is 0 Å². The van der Waals surface area contributed by atoms with E-state index >= 15 is 0 Å². The highest BCUT2D eigenvalue weighted by atomic mass is 16.6. The number of hydrogen-bond acceptors (Lipinski definition) is 4. The zero-order chi connectivity index (χ0) is 13.3. The lowest BCUT2D eigenvalue weighted by Crippen LogP contribution is -2.57. The molecule has 0 radical (unpaired) electrons. The summed E-state index contributed by atoms with van der Waals surface area (Å²) in [6.45, 7) is 3.29. The molecular formula is C12H15N3O3. The van der Waals surface area contributed by atoms with E-state index in [0.29, 0.717) is 0 Å². The molecule has 2 rings (SSSR count). The lowest BCUT2D eigenvalue weighted by molar-refractivity contribution is -0.385. The van der Waals surface area contributed by atoms with E-state index in [-0.39, 0.29) is 23.2 Å². The van der Waals surface area contributed by atoms with Crippen LogP contribution in [0.25, 0.3) is 0 Å². The predicted octanol–water partition coefficient (Wildman–Crippen LogP) is 0.947. The van der Waals surface area contributed by atoms with Crippen molar-refractivity contribution in [1.82, 2.24) is 10.2 Å². The SMILES string of the molecule is Cc1ccc([N+](=O)[O-])c(C(=O)N(C)C2CNC2)c1. The van der Waals surface area contributed by atoms with Crippen molar-refractivity contribution < 1.29 is 9.72 Å². The second kappa shape index (κ2) is 4.73. The van der Waals surface area contributed by atoms with E-state index in [4.69, 9.17) is 0 Å². The summed E-state index contributed by atoms with van der Waals surface area (Å²) < 4.78 is 0. The van der Waals surface area contributed by atoms with E-state index in [0.717, 1.165) is 18.7 Å². The van der Waals surface area contributed by atoms with Gasteiger partial charge >= 0.3 is 0 Å². The third-order valence-electron chi connectivity index (χ3n) is 3.21. The van der Waals surface area contributed by atoms with Crippen molar-refractivity contribution in [2.24, 2.45) is 0 Å². The Hall–Kier alpha value is -1.95. The first-order valence-electron chi connectivity index (χ1n) is 5.73. The first kappa shape index (κ1) is 12.5. The largest absolute Gasteiger partial charge is 0.336 e. The molecule has 6 heteroatoms. The Bertz CT molecular complexity index is 497. The van der Waals surface area contributed by atoms with Gasteiger partial charge in [0.2, 0.25) is 0 Å². The van der Waals surface area contributed by atoms with Gasteiger partial charge in [0.15, 0.2) is 0 Å². The summed E-state index contributed by atoms with van der Waals surface area (Å²) in [4.78, 5) is 24.2. The second-order valence-electron chi connectivity index (χ2n) is 4.51. The van der Waals surface area contributed by atoms with Gasteiger partial charge in [-0.3, -0.25) is 14.9 Å². The number of nitrogens with zero attached hydrogens (tertiary/aromatic N) is 2. The Morgan fingerprint density at radius 1 is 1.50 bits per heavy atom. The van der Waals surface area contributed by atoms with Crippen LogP contribution in [0.15, 0.2) is 18.2 Å².